The summed E-state index contributed by atoms with van der Waals surface area (Å²) < 4.78 is 0. The van der Waals surface area contributed by atoms with Gasteiger partial charge in [0.25, 0.3) is 0 Å². The highest BCUT2D eigenvalue weighted by atomic mass is 16.3. The van der Waals surface area contributed by atoms with Gasteiger partial charge in [0, 0.05) is 32.2 Å². The van der Waals surface area contributed by atoms with Crippen molar-refractivity contribution in [2.24, 2.45) is 5.92 Å². The number of amides is 1. The predicted molar refractivity (Wildman–Crippen MR) is 85.3 cm³/mol. The van der Waals surface area contributed by atoms with Gasteiger partial charge >= 0.3 is 0 Å². The molecule has 2 N–H and O–H groups in total. The summed E-state index contributed by atoms with van der Waals surface area (Å²) in [4.78, 5) is 13.3. The van der Waals surface area contributed by atoms with Crippen LogP contribution in [0, 0.1) is 5.92 Å². The molecule has 1 fully saturated rings. The van der Waals surface area contributed by atoms with Crippen LogP contribution >= 0.6 is 0 Å². The van der Waals surface area contributed by atoms with E-state index in [4.69, 9.17) is 0 Å². The molecule has 1 aromatic carbocycles. The van der Waals surface area contributed by atoms with E-state index in [0.717, 1.165) is 44.5 Å². The van der Waals surface area contributed by atoms with E-state index in [1.165, 1.54) is 5.69 Å². The number of anilines is 1. The van der Waals surface area contributed by atoms with Crippen molar-refractivity contribution in [3.05, 3.63) is 29.8 Å². The molecule has 0 spiro atoms. The molecule has 4 heteroatoms. The third kappa shape index (κ3) is 4.46. The number of piperidine rings is 1. The minimum absolute atomic E-state index is 0.0579. The summed E-state index contributed by atoms with van der Waals surface area (Å²) in [7, 11) is 0. The maximum Gasteiger partial charge on any atom is 0.216 e. The Labute approximate surface area is 127 Å². The monoisotopic (exact) mass is 290 g/mol. The molecule has 1 atom stereocenters. The molecular formula is C17H26N2O2. The topological polar surface area (TPSA) is 52.6 Å². The second-order valence-electron chi connectivity index (χ2n) is 5.88. The van der Waals surface area contributed by atoms with Crippen molar-refractivity contribution in [2.75, 3.05) is 24.5 Å². The molecule has 1 aliphatic heterocycles. The number of rotatable bonds is 5. The minimum Gasteiger partial charge on any atom is -0.388 e. The standard InChI is InChI=1S/C17H26N2O2/c1-3-17(21)15-4-6-16(7-5-15)19-10-8-14(9-11-19)12-18-13(2)20/h4-7,14,17,21H,3,8-12H2,1-2H3,(H,18,20). The van der Waals surface area contributed by atoms with Crippen LogP contribution in [-0.4, -0.2) is 30.6 Å². The van der Waals surface area contributed by atoms with E-state index in [9.17, 15) is 9.90 Å². The van der Waals surface area contributed by atoms with Crippen molar-refractivity contribution in [2.45, 2.75) is 39.2 Å². The van der Waals surface area contributed by atoms with Gasteiger partial charge in [-0.15, -0.1) is 0 Å². The first-order chi connectivity index (χ1) is 10.1. The number of carbonyl (C=O) groups excluding carboxylic acids is 1. The lowest BCUT2D eigenvalue weighted by Crippen LogP contribution is -2.38. The van der Waals surface area contributed by atoms with Crippen LogP contribution in [0.4, 0.5) is 5.69 Å². The lowest BCUT2D eigenvalue weighted by molar-refractivity contribution is -0.119. The number of nitrogens with zero attached hydrogens (tertiary/aromatic N) is 1. The Balaban J connectivity index is 1.86. The molecule has 1 heterocycles. The third-order valence-corrected chi connectivity index (χ3v) is 4.28. The number of hydrogen-bond donors (Lipinski definition) is 2. The summed E-state index contributed by atoms with van der Waals surface area (Å²) in [6.45, 7) is 6.41. The summed E-state index contributed by atoms with van der Waals surface area (Å²) in [5.74, 6) is 0.647. The SMILES string of the molecule is CCC(O)c1ccc(N2CCC(CNC(C)=O)CC2)cc1. The van der Waals surface area contributed by atoms with Gasteiger partial charge in [-0.3, -0.25) is 4.79 Å². The van der Waals surface area contributed by atoms with E-state index in [2.05, 4.69) is 22.3 Å². The first-order valence-electron chi connectivity index (χ1n) is 7.87. The number of benzene rings is 1. The van der Waals surface area contributed by atoms with Gasteiger partial charge in [-0.05, 0) is 42.9 Å². The fourth-order valence-corrected chi connectivity index (χ4v) is 2.83. The molecule has 2 rings (SSSR count). The molecule has 1 aromatic rings. The Kier molecular flexibility index (Phi) is 5.62. The van der Waals surface area contributed by atoms with Gasteiger partial charge in [-0.25, -0.2) is 0 Å². The molecule has 0 bridgehead atoms. The zero-order valence-corrected chi connectivity index (χ0v) is 13.0. The smallest absolute Gasteiger partial charge is 0.216 e. The fourth-order valence-electron chi connectivity index (χ4n) is 2.83. The van der Waals surface area contributed by atoms with Crippen LogP contribution in [0.15, 0.2) is 24.3 Å². The van der Waals surface area contributed by atoms with Crippen molar-refractivity contribution < 1.29 is 9.90 Å². The van der Waals surface area contributed by atoms with Gasteiger partial charge in [-0.2, -0.15) is 0 Å². The molecule has 1 amide bonds. The fraction of sp³-hybridized carbons (Fsp3) is 0.588. The highest BCUT2D eigenvalue weighted by molar-refractivity contribution is 5.72. The highest BCUT2D eigenvalue weighted by Gasteiger charge is 2.19. The summed E-state index contributed by atoms with van der Waals surface area (Å²) in [6, 6.07) is 8.24. The average Bonchev–Trinajstić information content (AvgIpc) is 2.53. The first kappa shape index (κ1) is 15.8. The molecule has 0 aromatic heterocycles. The van der Waals surface area contributed by atoms with Crippen LogP contribution in [0.5, 0.6) is 0 Å². The Morgan fingerprint density at radius 1 is 1.33 bits per heavy atom. The minimum atomic E-state index is -0.359. The quantitative estimate of drug-likeness (QED) is 0.876. The van der Waals surface area contributed by atoms with Crippen LogP contribution < -0.4 is 10.2 Å². The highest BCUT2D eigenvalue weighted by Crippen LogP contribution is 2.25. The molecule has 0 radical (unpaired) electrons. The maximum absolute atomic E-state index is 10.9. The molecule has 21 heavy (non-hydrogen) atoms. The number of aliphatic hydroxyl groups excluding tert-OH is 1. The van der Waals surface area contributed by atoms with Gasteiger partial charge in [-0.1, -0.05) is 19.1 Å². The summed E-state index contributed by atoms with van der Waals surface area (Å²) >= 11 is 0. The van der Waals surface area contributed by atoms with Crippen LogP contribution in [0.1, 0.15) is 44.8 Å². The summed E-state index contributed by atoms with van der Waals surface area (Å²) in [5.41, 5.74) is 2.21. The molecule has 4 nitrogen and oxygen atoms in total. The van der Waals surface area contributed by atoms with Crippen molar-refractivity contribution in [1.29, 1.82) is 0 Å². The van der Waals surface area contributed by atoms with Crippen LogP contribution in [0.25, 0.3) is 0 Å². The second-order valence-corrected chi connectivity index (χ2v) is 5.88. The van der Waals surface area contributed by atoms with E-state index in [1.807, 2.05) is 19.1 Å². The molecule has 1 unspecified atom stereocenters. The zero-order chi connectivity index (χ0) is 15.2. The van der Waals surface area contributed by atoms with Gasteiger partial charge in [0.2, 0.25) is 5.91 Å². The Bertz CT molecular complexity index is 450. The van der Waals surface area contributed by atoms with Crippen molar-refractivity contribution in [3.8, 4) is 0 Å². The Morgan fingerprint density at radius 3 is 2.48 bits per heavy atom. The molecule has 0 saturated carbocycles. The summed E-state index contributed by atoms with van der Waals surface area (Å²) in [5, 5.41) is 12.7. The normalized spacial score (nSPS) is 17.6. The van der Waals surface area contributed by atoms with E-state index in [-0.39, 0.29) is 12.0 Å². The van der Waals surface area contributed by atoms with E-state index < -0.39 is 0 Å². The lowest BCUT2D eigenvalue weighted by Gasteiger charge is -2.33. The van der Waals surface area contributed by atoms with Crippen molar-refractivity contribution >= 4 is 11.6 Å². The third-order valence-electron chi connectivity index (χ3n) is 4.28. The number of aliphatic hydroxyl groups is 1. The molecule has 1 saturated heterocycles. The van der Waals surface area contributed by atoms with Crippen LogP contribution in [0.3, 0.4) is 0 Å². The van der Waals surface area contributed by atoms with Crippen LogP contribution in [0.2, 0.25) is 0 Å². The predicted octanol–water partition coefficient (Wildman–Crippen LogP) is 2.48. The van der Waals surface area contributed by atoms with Gasteiger partial charge in [0.05, 0.1) is 6.10 Å². The van der Waals surface area contributed by atoms with E-state index >= 15 is 0 Å². The van der Waals surface area contributed by atoms with E-state index in [0.29, 0.717) is 5.92 Å². The van der Waals surface area contributed by atoms with Gasteiger partial charge < -0.3 is 15.3 Å². The second kappa shape index (κ2) is 7.46. The largest absolute Gasteiger partial charge is 0.388 e. The zero-order valence-electron chi connectivity index (χ0n) is 13.0. The Hall–Kier alpha value is -1.55. The van der Waals surface area contributed by atoms with Crippen molar-refractivity contribution in [1.82, 2.24) is 5.32 Å². The number of carbonyl (C=O) groups is 1. The first-order valence-corrected chi connectivity index (χ1v) is 7.87. The molecular weight excluding hydrogens is 264 g/mol. The maximum atomic E-state index is 10.9. The molecule has 0 aliphatic carbocycles. The van der Waals surface area contributed by atoms with E-state index in [1.54, 1.807) is 6.92 Å². The summed E-state index contributed by atoms with van der Waals surface area (Å²) in [6.07, 6.45) is 2.61. The number of hydrogen-bond acceptors (Lipinski definition) is 3. The Morgan fingerprint density at radius 2 is 1.95 bits per heavy atom. The van der Waals surface area contributed by atoms with Gasteiger partial charge in [0.15, 0.2) is 0 Å². The molecule has 116 valence electrons. The van der Waals surface area contributed by atoms with Gasteiger partial charge in [0.1, 0.15) is 0 Å². The average molecular weight is 290 g/mol. The lowest BCUT2D eigenvalue weighted by atomic mass is 9.96. The van der Waals surface area contributed by atoms with Crippen molar-refractivity contribution in [3.63, 3.8) is 0 Å². The van der Waals surface area contributed by atoms with Crippen LogP contribution in [-0.2, 0) is 4.79 Å². The molecule has 1 aliphatic rings. The number of nitrogens with one attached hydrogen (secondary N) is 1.